The largest absolute Gasteiger partial charge is 0.371 e. The van der Waals surface area contributed by atoms with E-state index in [9.17, 15) is 4.39 Å². The van der Waals surface area contributed by atoms with Gasteiger partial charge in [0.15, 0.2) is 0 Å². The summed E-state index contributed by atoms with van der Waals surface area (Å²) >= 11 is 0. The third kappa shape index (κ3) is 1.62. The first-order valence-electron chi connectivity index (χ1n) is 4.80. The second kappa shape index (κ2) is 3.30. The predicted molar refractivity (Wildman–Crippen MR) is 44.9 cm³/mol. The molecule has 0 saturated carbocycles. The molecule has 2 aliphatic heterocycles. The Morgan fingerprint density at radius 3 is 2.92 bits per heavy atom. The molecular weight excluding hydrogens is 157 g/mol. The van der Waals surface area contributed by atoms with E-state index in [4.69, 9.17) is 4.74 Å². The first kappa shape index (κ1) is 8.45. The average molecular weight is 173 g/mol. The van der Waals surface area contributed by atoms with Gasteiger partial charge in [-0.2, -0.15) is 0 Å². The van der Waals surface area contributed by atoms with E-state index < -0.39 is 6.17 Å². The zero-order valence-electron chi connectivity index (χ0n) is 7.31. The van der Waals surface area contributed by atoms with Crippen LogP contribution < -0.4 is 5.32 Å². The van der Waals surface area contributed by atoms with E-state index in [2.05, 4.69) is 5.32 Å². The molecule has 2 fully saturated rings. The van der Waals surface area contributed by atoms with Gasteiger partial charge in [0.1, 0.15) is 6.17 Å². The van der Waals surface area contributed by atoms with Crippen LogP contribution in [0, 0.1) is 0 Å². The van der Waals surface area contributed by atoms with Gasteiger partial charge in [0, 0.05) is 6.54 Å². The molecule has 70 valence electrons. The maximum absolute atomic E-state index is 12.8. The van der Waals surface area contributed by atoms with Crippen molar-refractivity contribution in [3.05, 3.63) is 0 Å². The highest BCUT2D eigenvalue weighted by Crippen LogP contribution is 2.31. The molecule has 0 bridgehead atoms. The Labute approximate surface area is 72.5 Å². The summed E-state index contributed by atoms with van der Waals surface area (Å²) in [5.74, 6) is 0. The summed E-state index contributed by atoms with van der Waals surface area (Å²) in [5, 5.41) is 3.31. The van der Waals surface area contributed by atoms with Gasteiger partial charge >= 0.3 is 0 Å². The van der Waals surface area contributed by atoms with Crippen LogP contribution in [-0.2, 0) is 4.74 Å². The van der Waals surface area contributed by atoms with E-state index in [-0.39, 0.29) is 5.60 Å². The minimum absolute atomic E-state index is 0.0131. The highest BCUT2D eigenvalue weighted by Gasteiger charge is 2.37. The Balaban J connectivity index is 1.92. The second-order valence-corrected chi connectivity index (χ2v) is 3.91. The summed E-state index contributed by atoms with van der Waals surface area (Å²) < 4.78 is 18.4. The smallest absolute Gasteiger partial charge is 0.123 e. The lowest BCUT2D eigenvalue weighted by atomic mass is 9.86. The van der Waals surface area contributed by atoms with Gasteiger partial charge in [-0.05, 0) is 32.2 Å². The standard InChI is InChI=1S/C9H16FNO/c10-8-2-4-9(12-6-8)3-1-5-11-7-9/h8,11H,1-7H2. The van der Waals surface area contributed by atoms with Crippen molar-refractivity contribution in [3.63, 3.8) is 0 Å². The summed E-state index contributed by atoms with van der Waals surface area (Å²) in [4.78, 5) is 0. The molecule has 2 saturated heterocycles. The molecule has 2 rings (SSSR count). The third-order valence-electron chi connectivity index (χ3n) is 2.92. The Hall–Kier alpha value is -0.150. The molecule has 0 aromatic heterocycles. The molecule has 2 nitrogen and oxygen atoms in total. The Kier molecular flexibility index (Phi) is 2.33. The molecule has 0 aliphatic carbocycles. The van der Waals surface area contributed by atoms with E-state index in [1.54, 1.807) is 0 Å². The Bertz CT molecular complexity index is 147. The van der Waals surface area contributed by atoms with Gasteiger partial charge in [-0.1, -0.05) is 0 Å². The van der Waals surface area contributed by atoms with Gasteiger partial charge in [-0.3, -0.25) is 0 Å². The number of alkyl halides is 1. The van der Waals surface area contributed by atoms with Gasteiger partial charge in [-0.25, -0.2) is 4.39 Å². The molecule has 2 atom stereocenters. The van der Waals surface area contributed by atoms with Crippen LogP contribution >= 0.6 is 0 Å². The maximum atomic E-state index is 12.8. The molecule has 0 aromatic rings. The molecule has 3 heteroatoms. The van der Waals surface area contributed by atoms with Crippen molar-refractivity contribution in [3.8, 4) is 0 Å². The van der Waals surface area contributed by atoms with Crippen molar-refractivity contribution in [2.24, 2.45) is 0 Å². The molecular formula is C9H16FNO. The van der Waals surface area contributed by atoms with Crippen molar-refractivity contribution in [1.29, 1.82) is 0 Å². The topological polar surface area (TPSA) is 21.3 Å². The van der Waals surface area contributed by atoms with Crippen LogP contribution in [0.1, 0.15) is 25.7 Å². The molecule has 12 heavy (non-hydrogen) atoms. The van der Waals surface area contributed by atoms with Crippen molar-refractivity contribution in [1.82, 2.24) is 5.32 Å². The van der Waals surface area contributed by atoms with E-state index in [0.717, 1.165) is 32.4 Å². The van der Waals surface area contributed by atoms with E-state index >= 15 is 0 Å². The number of hydrogen-bond acceptors (Lipinski definition) is 2. The summed E-state index contributed by atoms with van der Waals surface area (Å²) in [6, 6.07) is 0. The minimum atomic E-state index is -0.724. The highest BCUT2D eigenvalue weighted by molar-refractivity contribution is 4.90. The fraction of sp³-hybridized carbons (Fsp3) is 1.00. The molecule has 1 spiro atoms. The summed E-state index contributed by atoms with van der Waals surface area (Å²) in [6.07, 6.45) is 3.12. The van der Waals surface area contributed by atoms with Gasteiger partial charge in [0.05, 0.1) is 12.2 Å². The first-order chi connectivity index (χ1) is 5.81. The highest BCUT2D eigenvalue weighted by atomic mass is 19.1. The average Bonchev–Trinajstić information content (AvgIpc) is 2.13. The predicted octanol–water partition coefficient (Wildman–Crippen LogP) is 1.26. The Morgan fingerprint density at radius 1 is 1.42 bits per heavy atom. The Morgan fingerprint density at radius 2 is 2.33 bits per heavy atom. The molecule has 2 unspecified atom stereocenters. The van der Waals surface area contributed by atoms with Crippen molar-refractivity contribution >= 4 is 0 Å². The summed E-state index contributed by atoms with van der Waals surface area (Å²) in [6.45, 7) is 2.31. The quantitative estimate of drug-likeness (QED) is 0.595. The molecule has 0 aromatic carbocycles. The van der Waals surface area contributed by atoms with E-state index in [1.807, 2.05) is 0 Å². The van der Waals surface area contributed by atoms with E-state index in [1.165, 1.54) is 0 Å². The first-order valence-corrected chi connectivity index (χ1v) is 4.80. The number of halogens is 1. The van der Waals surface area contributed by atoms with Crippen LogP contribution in [0.4, 0.5) is 4.39 Å². The number of hydrogen-bond donors (Lipinski definition) is 1. The van der Waals surface area contributed by atoms with Crippen LogP contribution in [0.5, 0.6) is 0 Å². The van der Waals surface area contributed by atoms with Crippen molar-refractivity contribution < 1.29 is 9.13 Å². The van der Waals surface area contributed by atoms with Crippen LogP contribution in [0.2, 0.25) is 0 Å². The van der Waals surface area contributed by atoms with Crippen molar-refractivity contribution in [2.75, 3.05) is 19.7 Å². The van der Waals surface area contributed by atoms with Crippen LogP contribution in [-0.4, -0.2) is 31.5 Å². The second-order valence-electron chi connectivity index (χ2n) is 3.91. The minimum Gasteiger partial charge on any atom is -0.371 e. The van der Waals surface area contributed by atoms with Gasteiger partial charge < -0.3 is 10.1 Å². The fourth-order valence-corrected chi connectivity index (χ4v) is 2.12. The molecule has 2 heterocycles. The number of nitrogens with one attached hydrogen (secondary N) is 1. The van der Waals surface area contributed by atoms with Crippen LogP contribution in [0.3, 0.4) is 0 Å². The lowest BCUT2D eigenvalue weighted by Crippen LogP contribution is -2.51. The number of ether oxygens (including phenoxy) is 1. The lowest BCUT2D eigenvalue weighted by molar-refractivity contribution is -0.116. The number of rotatable bonds is 0. The third-order valence-corrected chi connectivity index (χ3v) is 2.92. The van der Waals surface area contributed by atoms with Gasteiger partial charge in [-0.15, -0.1) is 0 Å². The summed E-state index contributed by atoms with van der Waals surface area (Å²) in [5.41, 5.74) is -0.0131. The van der Waals surface area contributed by atoms with Gasteiger partial charge in [0.25, 0.3) is 0 Å². The van der Waals surface area contributed by atoms with Gasteiger partial charge in [0.2, 0.25) is 0 Å². The molecule has 0 radical (unpaired) electrons. The lowest BCUT2D eigenvalue weighted by Gasteiger charge is -2.41. The SMILES string of the molecule is FC1CCC2(CCCNC2)OC1. The maximum Gasteiger partial charge on any atom is 0.123 e. The normalized spacial score (nSPS) is 43.2. The van der Waals surface area contributed by atoms with Crippen LogP contribution in [0.25, 0.3) is 0 Å². The fourth-order valence-electron chi connectivity index (χ4n) is 2.12. The monoisotopic (exact) mass is 173 g/mol. The number of piperidine rings is 1. The molecule has 0 amide bonds. The summed E-state index contributed by atoms with van der Waals surface area (Å²) in [7, 11) is 0. The van der Waals surface area contributed by atoms with Crippen LogP contribution in [0.15, 0.2) is 0 Å². The van der Waals surface area contributed by atoms with Crippen molar-refractivity contribution in [2.45, 2.75) is 37.5 Å². The zero-order valence-corrected chi connectivity index (χ0v) is 7.31. The molecule has 1 N–H and O–H groups in total. The zero-order chi connectivity index (χ0) is 8.44. The molecule has 2 aliphatic rings. The van der Waals surface area contributed by atoms with E-state index in [0.29, 0.717) is 13.0 Å².